The molecule has 3 heterocycles. The maximum absolute atomic E-state index is 12.6. The van der Waals surface area contributed by atoms with E-state index in [9.17, 15) is 9.59 Å². The molecular formula is C17H26N4O3. The van der Waals surface area contributed by atoms with Gasteiger partial charge in [-0.25, -0.2) is 0 Å². The minimum absolute atomic E-state index is 0.0854. The molecule has 1 aromatic rings. The van der Waals surface area contributed by atoms with Gasteiger partial charge in [0.15, 0.2) is 0 Å². The highest BCUT2D eigenvalue weighted by Crippen LogP contribution is 2.30. The summed E-state index contributed by atoms with van der Waals surface area (Å²) in [5.74, 6) is 0.713. The molecule has 0 bridgehead atoms. The van der Waals surface area contributed by atoms with Crippen molar-refractivity contribution in [2.45, 2.75) is 38.6 Å². The molecule has 1 N–H and O–H groups in total. The first-order chi connectivity index (χ1) is 11.4. The first-order valence-corrected chi connectivity index (χ1v) is 8.67. The lowest BCUT2D eigenvalue weighted by Crippen LogP contribution is -2.67. The molecule has 2 amide bonds. The van der Waals surface area contributed by atoms with Crippen molar-refractivity contribution in [3.8, 4) is 0 Å². The summed E-state index contributed by atoms with van der Waals surface area (Å²) in [6.45, 7) is 6.85. The molecule has 1 aromatic heterocycles. The van der Waals surface area contributed by atoms with Crippen molar-refractivity contribution in [1.82, 2.24) is 20.3 Å². The summed E-state index contributed by atoms with van der Waals surface area (Å²) in [6.07, 6.45) is 2.09. The molecule has 0 aliphatic carbocycles. The van der Waals surface area contributed by atoms with Gasteiger partial charge in [-0.15, -0.1) is 0 Å². The van der Waals surface area contributed by atoms with Crippen LogP contribution in [0.4, 0.5) is 0 Å². The number of piperazine rings is 1. The second kappa shape index (κ2) is 6.55. The van der Waals surface area contributed by atoms with E-state index in [1.165, 1.54) is 0 Å². The Balaban J connectivity index is 1.65. The summed E-state index contributed by atoms with van der Waals surface area (Å²) in [5.41, 5.74) is 0.340. The lowest BCUT2D eigenvalue weighted by atomic mass is 9.83. The number of piperidine rings is 1. The Morgan fingerprint density at radius 3 is 2.71 bits per heavy atom. The fourth-order valence-electron chi connectivity index (χ4n) is 3.66. The van der Waals surface area contributed by atoms with E-state index in [0.29, 0.717) is 44.2 Å². The number of nitrogens with one attached hydrogen (secondary N) is 1. The van der Waals surface area contributed by atoms with Gasteiger partial charge in [0.1, 0.15) is 5.54 Å². The standard InChI is InChI=1S/C17H26N4O3/c1-12(2)10-13-11-14(24-19-13)15(22)21-7-4-17(5-8-21)16(23)18-6-9-20(17)3/h11-12H,4-10H2,1-3H3,(H,18,23). The second-order valence-electron chi connectivity index (χ2n) is 7.28. The van der Waals surface area contributed by atoms with Crippen LogP contribution in [0.15, 0.2) is 10.6 Å². The zero-order chi connectivity index (χ0) is 17.3. The molecule has 0 unspecified atom stereocenters. The third-order valence-electron chi connectivity index (χ3n) is 5.15. The van der Waals surface area contributed by atoms with Gasteiger partial charge in [0, 0.05) is 32.2 Å². The smallest absolute Gasteiger partial charge is 0.292 e. The van der Waals surface area contributed by atoms with Crippen LogP contribution in [-0.4, -0.2) is 65.5 Å². The first kappa shape index (κ1) is 17.0. The van der Waals surface area contributed by atoms with Gasteiger partial charge in [0.2, 0.25) is 11.7 Å². The number of amides is 2. The number of carbonyl (C=O) groups excluding carboxylic acids is 2. The molecule has 0 radical (unpaired) electrons. The maximum atomic E-state index is 12.6. The number of hydrogen-bond donors (Lipinski definition) is 1. The van der Waals surface area contributed by atoms with Crippen LogP contribution in [-0.2, 0) is 11.2 Å². The Morgan fingerprint density at radius 2 is 2.08 bits per heavy atom. The molecule has 7 nitrogen and oxygen atoms in total. The van der Waals surface area contributed by atoms with E-state index < -0.39 is 5.54 Å². The van der Waals surface area contributed by atoms with E-state index in [1.54, 1.807) is 11.0 Å². The van der Waals surface area contributed by atoms with Gasteiger partial charge in [0.25, 0.3) is 5.91 Å². The molecule has 0 atom stereocenters. The number of carbonyl (C=O) groups is 2. The van der Waals surface area contributed by atoms with Gasteiger partial charge in [-0.3, -0.25) is 14.5 Å². The molecule has 2 aliphatic rings. The highest BCUT2D eigenvalue weighted by Gasteiger charge is 2.47. The second-order valence-corrected chi connectivity index (χ2v) is 7.28. The van der Waals surface area contributed by atoms with Gasteiger partial charge in [0.05, 0.1) is 5.69 Å². The highest BCUT2D eigenvalue weighted by atomic mass is 16.5. The molecule has 2 fully saturated rings. The Morgan fingerprint density at radius 1 is 1.38 bits per heavy atom. The quantitative estimate of drug-likeness (QED) is 0.889. The van der Waals surface area contributed by atoms with Crippen LogP contribution in [0.3, 0.4) is 0 Å². The highest BCUT2D eigenvalue weighted by molar-refractivity contribution is 5.92. The average molecular weight is 334 g/mol. The van der Waals surface area contributed by atoms with Gasteiger partial charge in [-0.05, 0) is 32.2 Å². The van der Waals surface area contributed by atoms with E-state index in [2.05, 4.69) is 29.2 Å². The van der Waals surface area contributed by atoms with Crippen molar-refractivity contribution in [3.63, 3.8) is 0 Å². The Hall–Kier alpha value is -1.89. The third-order valence-corrected chi connectivity index (χ3v) is 5.15. The van der Waals surface area contributed by atoms with Crippen molar-refractivity contribution in [1.29, 1.82) is 0 Å². The molecule has 0 aromatic carbocycles. The SMILES string of the molecule is CC(C)Cc1cc(C(=O)N2CCC3(CC2)C(=O)NCCN3C)on1. The van der Waals surface area contributed by atoms with E-state index in [4.69, 9.17) is 4.52 Å². The fourth-order valence-corrected chi connectivity index (χ4v) is 3.66. The Bertz CT molecular complexity index is 617. The predicted molar refractivity (Wildman–Crippen MR) is 88.6 cm³/mol. The predicted octanol–water partition coefficient (Wildman–Crippen LogP) is 0.910. The van der Waals surface area contributed by atoms with Crippen LogP contribution < -0.4 is 5.32 Å². The topological polar surface area (TPSA) is 78.7 Å². The molecule has 1 spiro atoms. The minimum atomic E-state index is -0.473. The molecule has 24 heavy (non-hydrogen) atoms. The largest absolute Gasteiger partial charge is 0.353 e. The summed E-state index contributed by atoms with van der Waals surface area (Å²) in [7, 11) is 1.99. The monoisotopic (exact) mass is 334 g/mol. The van der Waals surface area contributed by atoms with Crippen LogP contribution in [0.25, 0.3) is 0 Å². The van der Waals surface area contributed by atoms with Crippen molar-refractivity contribution in [2.75, 3.05) is 33.2 Å². The van der Waals surface area contributed by atoms with Crippen molar-refractivity contribution < 1.29 is 14.1 Å². The van der Waals surface area contributed by atoms with E-state index in [-0.39, 0.29) is 11.8 Å². The average Bonchev–Trinajstić information content (AvgIpc) is 3.00. The number of aromatic nitrogens is 1. The molecule has 132 valence electrons. The molecular weight excluding hydrogens is 308 g/mol. The number of likely N-dealkylation sites (N-methyl/N-ethyl adjacent to an activating group) is 1. The van der Waals surface area contributed by atoms with Gasteiger partial charge in [-0.2, -0.15) is 0 Å². The van der Waals surface area contributed by atoms with Crippen LogP contribution in [0, 0.1) is 5.92 Å². The normalized spacial score (nSPS) is 21.3. The van der Waals surface area contributed by atoms with E-state index in [0.717, 1.165) is 18.7 Å². The Labute approximate surface area is 142 Å². The summed E-state index contributed by atoms with van der Waals surface area (Å²) in [5, 5.41) is 6.94. The van der Waals surface area contributed by atoms with E-state index in [1.807, 2.05) is 7.05 Å². The van der Waals surface area contributed by atoms with Crippen LogP contribution >= 0.6 is 0 Å². The van der Waals surface area contributed by atoms with Crippen LogP contribution in [0.5, 0.6) is 0 Å². The number of rotatable bonds is 3. The first-order valence-electron chi connectivity index (χ1n) is 8.67. The number of likely N-dealkylation sites (tertiary alicyclic amines) is 1. The summed E-state index contributed by atoms with van der Waals surface area (Å²) < 4.78 is 5.23. The molecule has 0 saturated carbocycles. The van der Waals surface area contributed by atoms with Crippen molar-refractivity contribution >= 4 is 11.8 Å². The maximum Gasteiger partial charge on any atom is 0.292 e. The summed E-state index contributed by atoms with van der Waals surface area (Å²) >= 11 is 0. The number of hydrogen-bond acceptors (Lipinski definition) is 5. The van der Waals surface area contributed by atoms with Gasteiger partial charge >= 0.3 is 0 Å². The zero-order valence-corrected chi connectivity index (χ0v) is 14.7. The van der Waals surface area contributed by atoms with Crippen molar-refractivity contribution in [3.05, 3.63) is 17.5 Å². The van der Waals surface area contributed by atoms with Gasteiger partial charge in [-0.1, -0.05) is 19.0 Å². The van der Waals surface area contributed by atoms with Crippen LogP contribution in [0.1, 0.15) is 42.9 Å². The third kappa shape index (κ3) is 3.05. The molecule has 2 saturated heterocycles. The molecule has 7 heteroatoms. The van der Waals surface area contributed by atoms with Crippen molar-refractivity contribution in [2.24, 2.45) is 5.92 Å². The molecule has 3 rings (SSSR count). The fraction of sp³-hybridized carbons (Fsp3) is 0.706. The zero-order valence-electron chi connectivity index (χ0n) is 14.7. The lowest BCUT2D eigenvalue weighted by Gasteiger charge is -2.48. The van der Waals surface area contributed by atoms with Crippen LogP contribution in [0.2, 0.25) is 0 Å². The van der Waals surface area contributed by atoms with Gasteiger partial charge < -0.3 is 14.7 Å². The van der Waals surface area contributed by atoms with E-state index >= 15 is 0 Å². The summed E-state index contributed by atoms with van der Waals surface area (Å²) in [6, 6.07) is 1.74. The number of nitrogens with zero attached hydrogens (tertiary/aromatic N) is 3. The summed E-state index contributed by atoms with van der Waals surface area (Å²) in [4.78, 5) is 28.9. The Kier molecular flexibility index (Phi) is 4.62. The minimum Gasteiger partial charge on any atom is -0.353 e. The molecule has 2 aliphatic heterocycles. The lowest BCUT2D eigenvalue weighted by molar-refractivity contribution is -0.139.